The molecule has 4 heterocycles. The van der Waals surface area contributed by atoms with Crippen LogP contribution in [0, 0.1) is 11.3 Å². The second-order valence-corrected chi connectivity index (χ2v) is 17.8. The Kier molecular flexibility index (Phi) is 18.2. The Morgan fingerprint density at radius 3 is 2.47 bits per heavy atom. The molecular formula is C50H67N7O7. The quantitative estimate of drug-likeness (QED) is 0.137. The summed E-state index contributed by atoms with van der Waals surface area (Å²) in [5.41, 5.74) is 8.94. The van der Waals surface area contributed by atoms with Crippen molar-refractivity contribution < 1.29 is 33.4 Å². The van der Waals surface area contributed by atoms with Crippen molar-refractivity contribution in [2.75, 3.05) is 46.4 Å². The number of likely N-dealkylation sites (tertiary alicyclic amines) is 1. The number of hydrogen-bond acceptors (Lipinski definition) is 9. The number of fused-ring (bicyclic) bond motifs is 3. The Labute approximate surface area is 378 Å². The van der Waals surface area contributed by atoms with Gasteiger partial charge in [0.1, 0.15) is 12.1 Å². The lowest BCUT2D eigenvalue weighted by Gasteiger charge is -2.33. The first-order valence-corrected chi connectivity index (χ1v) is 22.5. The minimum Gasteiger partial charge on any atom is -0.467 e. The van der Waals surface area contributed by atoms with Crippen LogP contribution in [0.2, 0.25) is 0 Å². The molecule has 1 aromatic heterocycles. The minimum absolute atomic E-state index is 0.0764. The Balaban J connectivity index is 0.000000762. The van der Waals surface area contributed by atoms with Gasteiger partial charge in [-0.25, -0.2) is 5.43 Å². The molecule has 344 valence electrons. The van der Waals surface area contributed by atoms with Gasteiger partial charge in [0.15, 0.2) is 0 Å². The van der Waals surface area contributed by atoms with Crippen molar-refractivity contribution in [3.63, 3.8) is 0 Å². The lowest BCUT2D eigenvalue weighted by atomic mass is 9.85. The van der Waals surface area contributed by atoms with Gasteiger partial charge in [-0.3, -0.25) is 34.0 Å². The molecule has 14 nitrogen and oxygen atoms in total. The van der Waals surface area contributed by atoms with Gasteiger partial charge >= 0.3 is 0 Å². The molecule has 2 aromatic carbocycles. The summed E-state index contributed by atoms with van der Waals surface area (Å²) in [6, 6.07) is 13.0. The van der Waals surface area contributed by atoms with E-state index in [0.717, 1.165) is 77.6 Å². The van der Waals surface area contributed by atoms with E-state index in [1.807, 2.05) is 50.0 Å². The number of carbonyl (C=O) groups excluding carboxylic acids is 5. The predicted molar refractivity (Wildman–Crippen MR) is 252 cm³/mol. The number of likely N-dealkylation sites (N-methyl/N-ethyl adjacent to an activating group) is 1. The predicted octanol–water partition coefficient (Wildman–Crippen LogP) is 6.13. The van der Waals surface area contributed by atoms with Gasteiger partial charge in [0.25, 0.3) is 12.4 Å². The molecule has 6 rings (SSSR count). The number of ether oxygens (including phenoxy) is 2. The zero-order valence-corrected chi connectivity index (χ0v) is 38.5. The molecular weight excluding hydrogens is 811 g/mol. The second-order valence-electron chi connectivity index (χ2n) is 17.8. The van der Waals surface area contributed by atoms with Crippen LogP contribution in [0.4, 0.5) is 0 Å². The number of rotatable bonds is 15. The van der Waals surface area contributed by atoms with Gasteiger partial charge in [-0.15, -0.1) is 0 Å². The van der Waals surface area contributed by atoms with Crippen molar-refractivity contribution in [1.82, 2.24) is 30.1 Å². The topological polar surface area (TPSA) is 155 Å². The summed E-state index contributed by atoms with van der Waals surface area (Å²) in [5.74, 6) is -0.653. The van der Waals surface area contributed by atoms with E-state index in [-0.39, 0.29) is 48.2 Å². The van der Waals surface area contributed by atoms with Crippen LogP contribution >= 0.6 is 0 Å². The van der Waals surface area contributed by atoms with Gasteiger partial charge < -0.3 is 29.2 Å². The summed E-state index contributed by atoms with van der Waals surface area (Å²) in [5, 5.41) is 5.70. The van der Waals surface area contributed by atoms with Crippen LogP contribution in [0.25, 0.3) is 28.1 Å². The third-order valence-electron chi connectivity index (χ3n) is 11.7. The zero-order chi connectivity index (χ0) is 46.2. The zero-order valence-electron chi connectivity index (χ0n) is 38.5. The maximum atomic E-state index is 13.9. The molecule has 3 unspecified atom stereocenters. The molecule has 2 saturated heterocycles. The molecule has 3 aliphatic rings. The summed E-state index contributed by atoms with van der Waals surface area (Å²) < 4.78 is 13.6. The van der Waals surface area contributed by atoms with E-state index in [4.69, 9.17) is 9.47 Å². The fourth-order valence-electron chi connectivity index (χ4n) is 8.54. The summed E-state index contributed by atoms with van der Waals surface area (Å²) in [6.07, 6.45) is 16.5. The highest BCUT2D eigenvalue weighted by Gasteiger charge is 2.33. The molecule has 3 atom stereocenters. The van der Waals surface area contributed by atoms with Gasteiger partial charge in [0, 0.05) is 80.6 Å². The first-order chi connectivity index (χ1) is 30.8. The fraction of sp³-hybridized carbons (Fsp3) is 0.480. The van der Waals surface area contributed by atoms with Crippen LogP contribution in [0.1, 0.15) is 77.1 Å². The molecule has 2 N–H and O–H groups in total. The maximum absolute atomic E-state index is 13.9. The van der Waals surface area contributed by atoms with E-state index in [2.05, 4.69) is 77.1 Å². The molecule has 3 aliphatic heterocycles. The number of benzene rings is 2. The first-order valence-electron chi connectivity index (χ1n) is 22.5. The number of hydrazine groups is 1. The van der Waals surface area contributed by atoms with Crippen molar-refractivity contribution in [2.24, 2.45) is 16.3 Å². The second kappa shape index (κ2) is 23.7. The summed E-state index contributed by atoms with van der Waals surface area (Å²) in [6.45, 7) is 18.3. The van der Waals surface area contributed by atoms with E-state index in [1.165, 1.54) is 11.0 Å². The number of amides is 4. The summed E-state index contributed by atoms with van der Waals surface area (Å²) >= 11 is 0. The van der Waals surface area contributed by atoms with Gasteiger partial charge in [-0.05, 0) is 97.6 Å². The molecule has 2 fully saturated rings. The van der Waals surface area contributed by atoms with Gasteiger partial charge in [0.2, 0.25) is 18.2 Å². The molecule has 3 aromatic rings. The lowest BCUT2D eigenvalue weighted by molar-refractivity contribution is -0.142. The maximum Gasteiger partial charge on any atom is 0.293 e. The van der Waals surface area contributed by atoms with Crippen LogP contribution in [0.5, 0.6) is 0 Å². The fourth-order valence-corrected chi connectivity index (χ4v) is 8.54. The number of nitrogens with one attached hydrogen (secondary N) is 2. The Hall–Kier alpha value is -5.86. The lowest BCUT2D eigenvalue weighted by Crippen LogP contribution is -2.58. The normalized spacial score (nSPS) is 18.6. The van der Waals surface area contributed by atoms with Crippen LogP contribution in [-0.4, -0.2) is 121 Å². The summed E-state index contributed by atoms with van der Waals surface area (Å²) in [4.78, 5) is 68.8. The van der Waals surface area contributed by atoms with Crippen molar-refractivity contribution in [3.8, 4) is 11.1 Å². The number of nitrogens with zero attached hydrogens (tertiary/aromatic N) is 5. The van der Waals surface area contributed by atoms with E-state index in [9.17, 15) is 24.0 Å². The van der Waals surface area contributed by atoms with Gasteiger partial charge in [0.05, 0.1) is 19.3 Å². The molecule has 0 bridgehead atoms. The van der Waals surface area contributed by atoms with Gasteiger partial charge in [-0.1, -0.05) is 70.7 Å². The average molecular weight is 878 g/mol. The van der Waals surface area contributed by atoms with Crippen molar-refractivity contribution in [3.05, 3.63) is 90.3 Å². The highest BCUT2D eigenvalue weighted by Crippen LogP contribution is 2.36. The molecule has 4 amide bonds. The standard InChI is InChI=1S/C43H56N6O6.C7H11NO/c1-30(2)40(47(6)28-50)41(52)46-37(42(53)49-19-10-9-18-45-49)23-32-12-11-13-33(22-32)34-15-16-39-35(24-34)36(25-43(4,5)27-54-29-51)38-14-7-8-17-44-26-31(3)55-21-20-48(38)39;1-2-7(9)8-5-3-4-6-8/h7-8,11-17,22,24,26,28-31,37,40,45H,9-10,18-21,23,25,27H2,1-6H3,(H,46,52);2H,1,3-6H2/b14-7+,17-8-,44-26?;. The largest absolute Gasteiger partial charge is 0.467 e. The molecule has 0 aliphatic carbocycles. The molecule has 0 radical (unpaired) electrons. The first kappa shape index (κ1) is 49.2. The Morgan fingerprint density at radius 1 is 1.03 bits per heavy atom. The molecule has 14 heteroatoms. The van der Waals surface area contributed by atoms with Crippen LogP contribution in [0.15, 0.2) is 78.5 Å². The highest BCUT2D eigenvalue weighted by molar-refractivity contribution is 5.93. The van der Waals surface area contributed by atoms with E-state index >= 15 is 0 Å². The minimum atomic E-state index is -0.844. The molecule has 0 saturated carbocycles. The van der Waals surface area contributed by atoms with Crippen molar-refractivity contribution in [1.29, 1.82) is 0 Å². The highest BCUT2D eigenvalue weighted by atomic mass is 16.5. The molecule has 0 spiro atoms. The summed E-state index contributed by atoms with van der Waals surface area (Å²) in [7, 11) is 1.58. The van der Waals surface area contributed by atoms with E-state index in [0.29, 0.717) is 45.5 Å². The van der Waals surface area contributed by atoms with Crippen molar-refractivity contribution >= 4 is 53.8 Å². The van der Waals surface area contributed by atoms with Crippen LogP contribution in [0.3, 0.4) is 0 Å². The number of hydrogen-bond donors (Lipinski definition) is 2. The van der Waals surface area contributed by atoms with Crippen LogP contribution < -0.4 is 10.7 Å². The number of aliphatic imine (C=N–C) groups is 1. The van der Waals surface area contributed by atoms with Gasteiger partial charge in [-0.2, -0.15) is 0 Å². The van der Waals surface area contributed by atoms with E-state index in [1.54, 1.807) is 24.5 Å². The Bertz CT molecular complexity index is 2180. The van der Waals surface area contributed by atoms with E-state index < -0.39 is 12.1 Å². The van der Waals surface area contributed by atoms with Crippen molar-refractivity contribution in [2.45, 2.75) is 97.9 Å². The third kappa shape index (κ3) is 13.3. The monoisotopic (exact) mass is 878 g/mol. The smallest absolute Gasteiger partial charge is 0.293 e. The average Bonchev–Trinajstić information content (AvgIpc) is 3.93. The van der Waals surface area contributed by atoms with Crippen LogP contribution in [-0.2, 0) is 52.8 Å². The number of carbonyl (C=O) groups is 5. The molecule has 64 heavy (non-hydrogen) atoms. The number of aromatic nitrogens is 1. The Morgan fingerprint density at radius 2 is 1.78 bits per heavy atom. The SMILES string of the molecule is C=CC(=O)N1CCCC1.CC1C=N/C=C\C=C\c2c(CC(C)(C)COC=O)c3cc(-c4cccc(CC(NC(=O)C(C(C)C)N(C)C=O)C(=O)N5CCCCN5)c4)ccc3n2CCO1. The number of allylic oxidation sites excluding steroid dienone is 2. The third-order valence-corrected chi connectivity index (χ3v) is 11.7.